The largest absolute Gasteiger partial charge is 0.383 e. The lowest BCUT2D eigenvalue weighted by atomic mass is 10.1. The highest BCUT2D eigenvalue weighted by Crippen LogP contribution is 2.21. The first-order chi connectivity index (χ1) is 17.8. The Kier molecular flexibility index (Phi) is 10.6. The summed E-state index contributed by atoms with van der Waals surface area (Å²) in [5, 5.41) is 0. The van der Waals surface area contributed by atoms with Crippen LogP contribution < -0.4 is 4.80 Å². The predicted octanol–water partition coefficient (Wildman–Crippen LogP) is 3.70. The maximum Gasteiger partial charge on any atom is 0.279 e. The molecule has 0 spiro atoms. The third-order valence-electron chi connectivity index (χ3n) is 5.84. The number of rotatable bonds is 13. The maximum atomic E-state index is 13.1. The molecule has 0 unspecified atom stereocenters. The molecule has 2 aromatic carbocycles. The molecule has 37 heavy (non-hydrogen) atoms. The number of hydrogen-bond acceptors (Lipinski definition) is 6. The standard InChI is InChI=1S/C27H33N3O5S2/c1-5-7-8-21-9-14-24-25(20-21)36-27(30(24)15-6-2)28-26(31)22-10-12-23(13-11-22)37(32,33)29(16-18-34-3)17-19-35-4/h2,9-14,20H,5,7-8,15-19H2,1,3-4H3. The minimum atomic E-state index is -3.78. The van der Waals surface area contributed by atoms with Gasteiger partial charge in [0.25, 0.3) is 5.91 Å². The predicted molar refractivity (Wildman–Crippen MR) is 146 cm³/mol. The summed E-state index contributed by atoms with van der Waals surface area (Å²) in [4.78, 5) is 17.9. The number of benzene rings is 2. The number of ether oxygens (including phenoxy) is 2. The number of methoxy groups -OCH3 is 2. The number of hydrogen-bond donors (Lipinski definition) is 0. The van der Waals surface area contributed by atoms with E-state index in [0.717, 1.165) is 29.5 Å². The van der Waals surface area contributed by atoms with Crippen molar-refractivity contribution < 1.29 is 22.7 Å². The summed E-state index contributed by atoms with van der Waals surface area (Å²) in [7, 11) is -0.754. The van der Waals surface area contributed by atoms with E-state index in [4.69, 9.17) is 15.9 Å². The van der Waals surface area contributed by atoms with E-state index in [0.29, 0.717) is 4.80 Å². The van der Waals surface area contributed by atoms with Crippen molar-refractivity contribution in [3.63, 3.8) is 0 Å². The van der Waals surface area contributed by atoms with Crippen molar-refractivity contribution in [2.45, 2.75) is 37.6 Å². The fourth-order valence-corrected chi connectivity index (χ4v) is 6.29. The summed E-state index contributed by atoms with van der Waals surface area (Å²) in [6.07, 6.45) is 8.81. The molecule has 3 aromatic rings. The molecule has 0 radical (unpaired) electrons. The quantitative estimate of drug-likeness (QED) is 0.307. The number of fused-ring (bicyclic) bond motifs is 1. The molecule has 1 aromatic heterocycles. The van der Waals surface area contributed by atoms with Crippen LogP contribution in [0.4, 0.5) is 0 Å². The molecule has 0 aliphatic carbocycles. The maximum absolute atomic E-state index is 13.1. The van der Waals surface area contributed by atoms with Gasteiger partial charge < -0.3 is 14.0 Å². The fraction of sp³-hybridized carbons (Fsp3) is 0.407. The Balaban J connectivity index is 1.91. The first kappa shape index (κ1) is 28.8. The Labute approximate surface area is 222 Å². The second-order valence-electron chi connectivity index (χ2n) is 8.41. The highest BCUT2D eigenvalue weighted by Gasteiger charge is 2.24. The van der Waals surface area contributed by atoms with Crippen molar-refractivity contribution >= 4 is 37.5 Å². The van der Waals surface area contributed by atoms with Crippen LogP contribution in [0, 0.1) is 12.3 Å². The van der Waals surface area contributed by atoms with Gasteiger partial charge in [0.15, 0.2) is 4.80 Å². The average Bonchev–Trinajstić information content (AvgIpc) is 3.23. The lowest BCUT2D eigenvalue weighted by molar-refractivity contribution is 0.0998. The zero-order valence-corrected chi connectivity index (χ0v) is 23.1. The first-order valence-electron chi connectivity index (χ1n) is 12.1. The van der Waals surface area contributed by atoms with Gasteiger partial charge in [-0.05, 0) is 54.8 Å². The van der Waals surface area contributed by atoms with Crippen LogP contribution in [0.5, 0.6) is 0 Å². The van der Waals surface area contributed by atoms with Gasteiger partial charge >= 0.3 is 0 Å². The molecule has 8 nitrogen and oxygen atoms in total. The van der Waals surface area contributed by atoms with E-state index in [1.807, 2.05) is 10.6 Å². The summed E-state index contributed by atoms with van der Waals surface area (Å²) in [5.74, 6) is 2.17. The lowest BCUT2D eigenvalue weighted by Crippen LogP contribution is -2.36. The summed E-state index contributed by atoms with van der Waals surface area (Å²) in [6, 6.07) is 12.0. The zero-order chi connectivity index (χ0) is 26.8. The van der Waals surface area contributed by atoms with Crippen LogP contribution in [0.15, 0.2) is 52.4 Å². The van der Waals surface area contributed by atoms with Crippen LogP contribution >= 0.6 is 11.3 Å². The molecule has 0 atom stereocenters. The highest BCUT2D eigenvalue weighted by molar-refractivity contribution is 7.89. The molecular formula is C27H33N3O5S2. The van der Waals surface area contributed by atoms with Gasteiger partial charge in [0, 0.05) is 32.9 Å². The normalized spacial score (nSPS) is 12.4. The van der Waals surface area contributed by atoms with Crippen LogP contribution in [0.1, 0.15) is 35.7 Å². The summed E-state index contributed by atoms with van der Waals surface area (Å²) < 4.78 is 40.5. The van der Waals surface area contributed by atoms with Gasteiger partial charge in [0.05, 0.1) is 34.9 Å². The van der Waals surface area contributed by atoms with Crippen LogP contribution in [-0.4, -0.2) is 63.7 Å². The number of sulfonamides is 1. The number of aryl methyl sites for hydroxylation is 1. The monoisotopic (exact) mass is 543 g/mol. The molecule has 1 amide bonds. The van der Waals surface area contributed by atoms with Crippen molar-refractivity contribution in [2.75, 3.05) is 40.5 Å². The van der Waals surface area contributed by atoms with E-state index in [1.165, 1.54) is 59.7 Å². The van der Waals surface area contributed by atoms with Gasteiger partial charge in [-0.25, -0.2) is 8.42 Å². The van der Waals surface area contributed by atoms with Crippen LogP contribution in [-0.2, 0) is 32.5 Å². The van der Waals surface area contributed by atoms with Crippen LogP contribution in [0.3, 0.4) is 0 Å². The second kappa shape index (κ2) is 13.7. The van der Waals surface area contributed by atoms with Crippen molar-refractivity contribution in [3.05, 3.63) is 58.4 Å². The van der Waals surface area contributed by atoms with Gasteiger partial charge in [-0.1, -0.05) is 36.7 Å². The third-order valence-corrected chi connectivity index (χ3v) is 8.80. The molecule has 0 bridgehead atoms. The van der Waals surface area contributed by atoms with E-state index < -0.39 is 15.9 Å². The number of aromatic nitrogens is 1. The van der Waals surface area contributed by atoms with E-state index >= 15 is 0 Å². The number of amides is 1. The fourth-order valence-electron chi connectivity index (χ4n) is 3.79. The summed E-state index contributed by atoms with van der Waals surface area (Å²) >= 11 is 1.41. The molecule has 198 valence electrons. The van der Waals surface area contributed by atoms with Gasteiger partial charge in [-0.3, -0.25) is 4.79 Å². The Hall–Kier alpha value is -2.81. The SMILES string of the molecule is C#CCn1c(=NC(=O)c2ccc(S(=O)(=O)N(CCOC)CCOC)cc2)sc2cc(CCCC)ccc21. The Bertz CT molecular complexity index is 1410. The van der Waals surface area contributed by atoms with Crippen molar-refractivity contribution in [2.24, 2.45) is 4.99 Å². The Morgan fingerprint density at radius 2 is 1.78 bits per heavy atom. The minimum absolute atomic E-state index is 0.0834. The van der Waals surface area contributed by atoms with Crippen LogP contribution in [0.25, 0.3) is 10.2 Å². The van der Waals surface area contributed by atoms with Crippen LogP contribution in [0.2, 0.25) is 0 Å². The summed E-state index contributed by atoms with van der Waals surface area (Å²) in [5.41, 5.74) is 2.46. The summed E-state index contributed by atoms with van der Waals surface area (Å²) in [6.45, 7) is 3.35. The molecule has 0 aliphatic rings. The molecule has 0 saturated heterocycles. The molecule has 0 N–H and O–H groups in total. The van der Waals surface area contributed by atoms with Crippen molar-refractivity contribution in [3.8, 4) is 12.3 Å². The molecule has 1 heterocycles. The smallest absolute Gasteiger partial charge is 0.279 e. The number of carbonyl (C=O) groups excluding carboxylic acids is 1. The molecule has 0 saturated carbocycles. The van der Waals surface area contributed by atoms with Crippen molar-refractivity contribution in [1.29, 1.82) is 0 Å². The minimum Gasteiger partial charge on any atom is -0.383 e. The molecule has 0 fully saturated rings. The first-order valence-corrected chi connectivity index (χ1v) is 14.3. The van der Waals surface area contributed by atoms with Gasteiger partial charge in [-0.2, -0.15) is 9.30 Å². The molecule has 0 aliphatic heterocycles. The van der Waals surface area contributed by atoms with Gasteiger partial charge in [0.1, 0.15) is 0 Å². The Morgan fingerprint density at radius 1 is 1.11 bits per heavy atom. The van der Waals surface area contributed by atoms with E-state index in [-0.39, 0.29) is 43.3 Å². The number of terminal acetylenes is 1. The van der Waals surface area contributed by atoms with E-state index in [2.05, 4.69) is 30.0 Å². The molecular weight excluding hydrogens is 510 g/mol. The Morgan fingerprint density at radius 3 is 2.38 bits per heavy atom. The van der Waals surface area contributed by atoms with Gasteiger partial charge in [0.2, 0.25) is 10.0 Å². The van der Waals surface area contributed by atoms with Gasteiger partial charge in [-0.15, -0.1) is 6.42 Å². The molecule has 10 heteroatoms. The second-order valence-corrected chi connectivity index (χ2v) is 11.4. The number of nitrogens with zero attached hydrogens (tertiary/aromatic N) is 3. The average molecular weight is 544 g/mol. The molecule has 3 rings (SSSR count). The van der Waals surface area contributed by atoms with E-state index in [9.17, 15) is 13.2 Å². The van der Waals surface area contributed by atoms with E-state index in [1.54, 1.807) is 0 Å². The third kappa shape index (κ3) is 7.15. The highest BCUT2D eigenvalue weighted by atomic mass is 32.2. The van der Waals surface area contributed by atoms with Crippen molar-refractivity contribution in [1.82, 2.24) is 8.87 Å². The number of unbranched alkanes of at least 4 members (excludes halogenated alkanes) is 1. The number of thiazole rings is 1. The number of carbonyl (C=O) groups is 1. The topological polar surface area (TPSA) is 90.2 Å². The lowest BCUT2D eigenvalue weighted by Gasteiger charge is -2.21. The zero-order valence-electron chi connectivity index (χ0n) is 21.5.